The molecular formula is C23H23FN2O4. The van der Waals surface area contributed by atoms with Gasteiger partial charge in [-0.1, -0.05) is 23.7 Å². The topological polar surface area (TPSA) is 60.4 Å². The van der Waals surface area contributed by atoms with Gasteiger partial charge >= 0.3 is 0 Å². The fourth-order valence-corrected chi connectivity index (χ4v) is 4.02. The van der Waals surface area contributed by atoms with E-state index in [4.69, 9.17) is 14.3 Å². The number of amides is 1. The van der Waals surface area contributed by atoms with Crippen LogP contribution in [0.15, 0.2) is 47.6 Å². The lowest BCUT2D eigenvalue weighted by molar-refractivity contribution is -0.140. The fraction of sp³-hybridized carbons (Fsp3) is 0.391. The molecule has 0 spiro atoms. The normalized spacial score (nSPS) is 19.8. The maximum atomic E-state index is 13.6. The van der Waals surface area contributed by atoms with Crippen molar-refractivity contribution in [2.24, 2.45) is 11.1 Å². The molecule has 1 saturated carbocycles. The van der Waals surface area contributed by atoms with Crippen molar-refractivity contribution in [3.05, 3.63) is 59.4 Å². The predicted octanol–water partition coefficient (Wildman–Crippen LogP) is 3.88. The van der Waals surface area contributed by atoms with Crippen molar-refractivity contribution < 1.29 is 23.5 Å². The molecule has 5 rings (SSSR count). The van der Waals surface area contributed by atoms with Crippen molar-refractivity contribution in [3.63, 3.8) is 0 Å². The van der Waals surface area contributed by atoms with E-state index >= 15 is 0 Å². The van der Waals surface area contributed by atoms with Crippen molar-refractivity contribution in [2.45, 2.75) is 38.3 Å². The van der Waals surface area contributed by atoms with Crippen LogP contribution in [0.2, 0.25) is 0 Å². The Labute approximate surface area is 174 Å². The summed E-state index contributed by atoms with van der Waals surface area (Å²) in [5.74, 6) is 1.31. The molecule has 6 nitrogen and oxygen atoms in total. The Balaban J connectivity index is 1.27. The zero-order valence-electron chi connectivity index (χ0n) is 16.6. The summed E-state index contributed by atoms with van der Waals surface area (Å²) in [6.07, 6.45) is 3.29. The van der Waals surface area contributed by atoms with Gasteiger partial charge in [-0.15, -0.1) is 0 Å². The molecule has 0 bridgehead atoms. The molecule has 2 aromatic rings. The molecule has 7 heteroatoms. The van der Waals surface area contributed by atoms with Crippen LogP contribution in [0.5, 0.6) is 11.5 Å². The van der Waals surface area contributed by atoms with Crippen molar-refractivity contribution in [1.82, 2.24) is 4.90 Å². The number of carbonyl (C=O) groups excluding carboxylic acids is 1. The third-order valence-electron chi connectivity index (χ3n) is 5.89. The molecule has 1 fully saturated rings. The Hall–Kier alpha value is -3.09. The summed E-state index contributed by atoms with van der Waals surface area (Å²) in [5.41, 5.74) is 2.52. The second-order valence-electron chi connectivity index (χ2n) is 8.01. The van der Waals surface area contributed by atoms with Crippen LogP contribution >= 0.6 is 0 Å². The number of hydrogen-bond donors (Lipinski definition) is 0. The summed E-state index contributed by atoms with van der Waals surface area (Å²) in [5, 5.41) is 4.25. The van der Waals surface area contributed by atoms with Crippen molar-refractivity contribution >= 4 is 11.6 Å². The maximum Gasteiger partial charge on any atom is 0.231 e. The molecule has 2 heterocycles. The second-order valence-corrected chi connectivity index (χ2v) is 8.01. The van der Waals surface area contributed by atoms with E-state index in [0.717, 1.165) is 41.9 Å². The molecule has 1 amide bonds. The predicted molar refractivity (Wildman–Crippen MR) is 108 cm³/mol. The van der Waals surface area contributed by atoms with E-state index in [2.05, 4.69) is 5.16 Å². The number of nitrogens with zero attached hydrogens (tertiary/aromatic N) is 2. The van der Waals surface area contributed by atoms with Gasteiger partial charge in [0.1, 0.15) is 5.82 Å². The molecular weight excluding hydrogens is 387 g/mol. The molecule has 0 radical (unpaired) electrons. The molecule has 156 valence electrons. The summed E-state index contributed by atoms with van der Waals surface area (Å²) in [6, 6.07) is 12.1. The van der Waals surface area contributed by atoms with Gasteiger partial charge in [0.05, 0.1) is 12.3 Å². The Morgan fingerprint density at radius 1 is 1.13 bits per heavy atom. The minimum Gasteiger partial charge on any atom is -0.454 e. The van der Waals surface area contributed by atoms with E-state index in [1.54, 1.807) is 11.0 Å². The van der Waals surface area contributed by atoms with E-state index in [0.29, 0.717) is 25.3 Å². The number of carbonyl (C=O) groups is 1. The summed E-state index contributed by atoms with van der Waals surface area (Å²) >= 11 is 0. The Bertz CT molecular complexity index is 989. The number of fused-ring (bicyclic) bond motifs is 1. The lowest BCUT2D eigenvalue weighted by Crippen LogP contribution is -2.42. The number of hydrogen-bond acceptors (Lipinski definition) is 5. The number of rotatable bonds is 6. The van der Waals surface area contributed by atoms with E-state index in [1.165, 1.54) is 12.1 Å². The van der Waals surface area contributed by atoms with Crippen LogP contribution in [-0.2, 0) is 16.2 Å². The molecule has 1 unspecified atom stereocenters. The van der Waals surface area contributed by atoms with Crippen LogP contribution in [0, 0.1) is 11.7 Å². The van der Waals surface area contributed by atoms with E-state index in [1.807, 2.05) is 24.3 Å². The van der Waals surface area contributed by atoms with Gasteiger partial charge in [0.25, 0.3) is 0 Å². The molecule has 1 atom stereocenters. The molecule has 3 aliphatic rings. The smallest absolute Gasteiger partial charge is 0.231 e. The van der Waals surface area contributed by atoms with Crippen LogP contribution in [0.4, 0.5) is 4.39 Å². The molecule has 0 aromatic heterocycles. The van der Waals surface area contributed by atoms with Crippen LogP contribution in [0.25, 0.3) is 0 Å². The first kappa shape index (κ1) is 18.9. The first-order valence-corrected chi connectivity index (χ1v) is 10.3. The quantitative estimate of drug-likeness (QED) is 0.725. The minimum atomic E-state index is -0.297. The Morgan fingerprint density at radius 3 is 2.80 bits per heavy atom. The summed E-state index contributed by atoms with van der Waals surface area (Å²) in [4.78, 5) is 20.4. The number of halogens is 1. The van der Waals surface area contributed by atoms with Crippen LogP contribution in [0.1, 0.15) is 36.8 Å². The minimum absolute atomic E-state index is 0.0641. The number of benzene rings is 2. The zero-order valence-corrected chi connectivity index (χ0v) is 16.6. The highest BCUT2D eigenvalue weighted by atomic mass is 19.1. The summed E-state index contributed by atoms with van der Waals surface area (Å²) < 4.78 is 24.4. The van der Waals surface area contributed by atoms with E-state index in [-0.39, 0.29) is 30.5 Å². The average Bonchev–Trinajstić information content (AvgIpc) is 3.34. The summed E-state index contributed by atoms with van der Waals surface area (Å²) in [7, 11) is 0. The first-order chi connectivity index (χ1) is 14.7. The molecule has 2 aliphatic heterocycles. The third kappa shape index (κ3) is 3.84. The molecule has 2 aromatic carbocycles. The highest BCUT2D eigenvalue weighted by Gasteiger charge is 2.33. The molecule has 0 N–H and O–H groups in total. The summed E-state index contributed by atoms with van der Waals surface area (Å²) in [6.45, 7) is 1.01. The van der Waals surface area contributed by atoms with Crippen LogP contribution < -0.4 is 9.47 Å². The fourth-order valence-electron chi connectivity index (χ4n) is 4.02. The van der Waals surface area contributed by atoms with Gasteiger partial charge in [-0.05, 0) is 48.7 Å². The average molecular weight is 410 g/mol. The largest absolute Gasteiger partial charge is 0.454 e. The number of oxime groups is 1. The first-order valence-electron chi connectivity index (χ1n) is 10.3. The molecule has 30 heavy (non-hydrogen) atoms. The number of ether oxygens (including phenoxy) is 2. The van der Waals surface area contributed by atoms with Crippen LogP contribution in [-0.4, -0.2) is 36.0 Å². The van der Waals surface area contributed by atoms with Gasteiger partial charge in [-0.25, -0.2) is 4.39 Å². The van der Waals surface area contributed by atoms with Gasteiger partial charge < -0.3 is 19.2 Å². The van der Waals surface area contributed by atoms with Crippen molar-refractivity contribution in [2.75, 3.05) is 13.3 Å². The van der Waals surface area contributed by atoms with E-state index in [9.17, 15) is 9.18 Å². The van der Waals surface area contributed by atoms with Crippen LogP contribution in [0.3, 0.4) is 0 Å². The third-order valence-corrected chi connectivity index (χ3v) is 5.89. The Kier molecular flexibility index (Phi) is 5.02. The van der Waals surface area contributed by atoms with E-state index < -0.39 is 0 Å². The van der Waals surface area contributed by atoms with Gasteiger partial charge in [0.2, 0.25) is 12.7 Å². The lowest BCUT2D eigenvalue weighted by atomic mass is 9.84. The lowest BCUT2D eigenvalue weighted by Gasteiger charge is -2.32. The molecule has 0 saturated heterocycles. The zero-order chi connectivity index (χ0) is 20.5. The SMILES string of the molecule is O=C(C1CCC1)N(Cc1cccc(F)c1)CC1CC(c2ccc3c(c2)OCO3)=NO1. The monoisotopic (exact) mass is 410 g/mol. The van der Waals surface area contributed by atoms with Gasteiger partial charge in [-0.3, -0.25) is 4.79 Å². The Morgan fingerprint density at radius 2 is 2.00 bits per heavy atom. The highest BCUT2D eigenvalue weighted by Crippen LogP contribution is 2.34. The highest BCUT2D eigenvalue weighted by molar-refractivity contribution is 6.01. The molecule has 1 aliphatic carbocycles. The van der Waals surface area contributed by atoms with Crippen molar-refractivity contribution in [1.29, 1.82) is 0 Å². The standard InChI is InChI=1S/C23H23FN2O4/c24-18-6-1-3-15(9-18)12-26(23(27)16-4-2-5-16)13-19-11-20(25-30-19)17-7-8-21-22(10-17)29-14-28-21/h1,3,6-10,16,19H,2,4-5,11-14H2. The van der Waals surface area contributed by atoms with Gasteiger partial charge in [0.15, 0.2) is 17.6 Å². The maximum absolute atomic E-state index is 13.6. The van der Waals surface area contributed by atoms with Gasteiger partial charge in [-0.2, -0.15) is 0 Å². The second kappa shape index (κ2) is 7.97. The van der Waals surface area contributed by atoms with Crippen molar-refractivity contribution in [3.8, 4) is 11.5 Å². The van der Waals surface area contributed by atoms with Gasteiger partial charge in [0, 0.05) is 24.4 Å².